The van der Waals surface area contributed by atoms with Crippen LogP contribution in [0.5, 0.6) is 0 Å². The predicted molar refractivity (Wildman–Crippen MR) is 93.9 cm³/mol. The van der Waals surface area contributed by atoms with Gasteiger partial charge in [0, 0.05) is 10.7 Å². The van der Waals surface area contributed by atoms with Crippen LogP contribution < -0.4 is 11.1 Å². The number of para-hydroxylation sites is 1. The number of nitrogens with one attached hydrogen (secondary N) is 1. The first-order valence-corrected chi connectivity index (χ1v) is 7.84. The van der Waals surface area contributed by atoms with Crippen molar-refractivity contribution in [3.8, 4) is 0 Å². The van der Waals surface area contributed by atoms with E-state index in [-0.39, 0.29) is 18.2 Å². The predicted octanol–water partition coefficient (Wildman–Crippen LogP) is 3.26. The van der Waals surface area contributed by atoms with Crippen molar-refractivity contribution in [2.75, 3.05) is 12.3 Å². The van der Waals surface area contributed by atoms with E-state index in [1.165, 1.54) is 0 Å². The summed E-state index contributed by atoms with van der Waals surface area (Å²) in [5.41, 5.74) is 8.03. The summed E-state index contributed by atoms with van der Waals surface area (Å²) in [6.45, 7) is 3.21. The highest BCUT2D eigenvalue weighted by molar-refractivity contribution is 6.31. The van der Waals surface area contributed by atoms with Gasteiger partial charge in [0.15, 0.2) is 6.61 Å². The molecule has 0 saturated heterocycles. The lowest BCUT2D eigenvalue weighted by atomic mass is 10.1. The summed E-state index contributed by atoms with van der Waals surface area (Å²) >= 11 is 6.09. The molecule has 0 heterocycles. The Morgan fingerprint density at radius 2 is 1.92 bits per heavy atom. The third-order valence-electron chi connectivity index (χ3n) is 3.63. The zero-order valence-electron chi connectivity index (χ0n) is 13.5. The minimum absolute atomic E-state index is 0.252. The summed E-state index contributed by atoms with van der Waals surface area (Å²) < 4.78 is 5.03. The number of benzene rings is 2. The van der Waals surface area contributed by atoms with Gasteiger partial charge < -0.3 is 15.8 Å². The zero-order valence-corrected chi connectivity index (χ0v) is 14.3. The minimum Gasteiger partial charge on any atom is -0.452 e. The fraction of sp³-hybridized carbons (Fsp3) is 0.222. The summed E-state index contributed by atoms with van der Waals surface area (Å²) in [7, 11) is 0. The first kappa shape index (κ1) is 17.8. The molecule has 0 radical (unpaired) electrons. The van der Waals surface area contributed by atoms with Crippen molar-refractivity contribution in [2.24, 2.45) is 0 Å². The molecule has 5 nitrogen and oxygen atoms in total. The summed E-state index contributed by atoms with van der Waals surface area (Å²) in [4.78, 5) is 24.0. The standard InChI is InChI=1S/C18H19ClN2O3/c1-11-6-5-8-14(17(11)20)18(23)24-10-16(22)21-12(2)13-7-3-4-9-15(13)19/h3-9,12H,10,20H2,1-2H3,(H,21,22)/t12-/m1/s1. The topological polar surface area (TPSA) is 81.4 Å². The number of hydrogen-bond donors (Lipinski definition) is 2. The van der Waals surface area contributed by atoms with Crippen molar-refractivity contribution in [1.82, 2.24) is 5.32 Å². The summed E-state index contributed by atoms with van der Waals surface area (Å²) in [5, 5.41) is 3.30. The van der Waals surface area contributed by atoms with E-state index in [2.05, 4.69) is 5.32 Å². The van der Waals surface area contributed by atoms with E-state index in [1.54, 1.807) is 38.1 Å². The fourth-order valence-electron chi connectivity index (χ4n) is 2.25. The lowest BCUT2D eigenvalue weighted by molar-refractivity contribution is -0.124. The number of rotatable bonds is 5. The molecular weight excluding hydrogens is 328 g/mol. The number of hydrogen-bond acceptors (Lipinski definition) is 4. The molecule has 0 aromatic heterocycles. The summed E-state index contributed by atoms with van der Waals surface area (Å²) in [6.07, 6.45) is 0. The van der Waals surface area contributed by atoms with Crippen LogP contribution in [-0.4, -0.2) is 18.5 Å². The third kappa shape index (κ3) is 4.26. The van der Waals surface area contributed by atoms with Crippen molar-refractivity contribution in [2.45, 2.75) is 19.9 Å². The molecule has 3 N–H and O–H groups in total. The molecule has 0 fully saturated rings. The van der Waals surface area contributed by atoms with Gasteiger partial charge in [0.05, 0.1) is 11.6 Å². The number of carbonyl (C=O) groups is 2. The average Bonchev–Trinajstić information content (AvgIpc) is 2.55. The van der Waals surface area contributed by atoms with Gasteiger partial charge in [-0.1, -0.05) is 41.9 Å². The third-order valence-corrected chi connectivity index (χ3v) is 3.97. The maximum Gasteiger partial charge on any atom is 0.340 e. The van der Waals surface area contributed by atoms with Crippen LogP contribution >= 0.6 is 11.6 Å². The van der Waals surface area contributed by atoms with Gasteiger partial charge in [0.2, 0.25) is 0 Å². The Morgan fingerprint density at radius 1 is 1.21 bits per heavy atom. The monoisotopic (exact) mass is 346 g/mol. The molecular formula is C18H19ClN2O3. The van der Waals surface area contributed by atoms with Crippen LogP contribution in [0.1, 0.15) is 34.5 Å². The van der Waals surface area contributed by atoms with E-state index in [1.807, 2.05) is 18.2 Å². The Labute approximate surface area is 145 Å². The number of anilines is 1. The molecule has 2 aromatic rings. The van der Waals surface area contributed by atoms with Crippen molar-refractivity contribution in [3.05, 3.63) is 64.2 Å². The first-order valence-electron chi connectivity index (χ1n) is 7.46. The summed E-state index contributed by atoms with van der Waals surface area (Å²) in [6, 6.07) is 12.0. The van der Waals surface area contributed by atoms with E-state index in [0.717, 1.165) is 11.1 Å². The van der Waals surface area contributed by atoms with Crippen LogP contribution in [0.25, 0.3) is 0 Å². The quantitative estimate of drug-likeness (QED) is 0.643. The van der Waals surface area contributed by atoms with Crippen molar-refractivity contribution < 1.29 is 14.3 Å². The number of ether oxygens (including phenoxy) is 1. The smallest absolute Gasteiger partial charge is 0.340 e. The van der Waals surface area contributed by atoms with Crippen LogP contribution in [0.2, 0.25) is 5.02 Å². The lowest BCUT2D eigenvalue weighted by Crippen LogP contribution is -2.31. The average molecular weight is 347 g/mol. The van der Waals surface area contributed by atoms with E-state index in [4.69, 9.17) is 22.1 Å². The summed E-state index contributed by atoms with van der Waals surface area (Å²) in [5.74, 6) is -1.04. The van der Waals surface area contributed by atoms with E-state index < -0.39 is 11.9 Å². The molecule has 2 aromatic carbocycles. The largest absolute Gasteiger partial charge is 0.452 e. The zero-order chi connectivity index (χ0) is 17.7. The van der Waals surface area contributed by atoms with Gasteiger partial charge >= 0.3 is 5.97 Å². The van der Waals surface area contributed by atoms with Gasteiger partial charge in [0.1, 0.15) is 0 Å². The number of carbonyl (C=O) groups excluding carboxylic acids is 2. The molecule has 0 spiro atoms. The van der Waals surface area contributed by atoms with Gasteiger partial charge in [-0.2, -0.15) is 0 Å². The molecule has 0 saturated carbocycles. The molecule has 0 aliphatic carbocycles. The number of aryl methyl sites for hydroxylation is 1. The number of esters is 1. The van der Waals surface area contributed by atoms with Crippen molar-refractivity contribution in [3.63, 3.8) is 0 Å². The lowest BCUT2D eigenvalue weighted by Gasteiger charge is -2.16. The Hall–Kier alpha value is -2.53. The van der Waals surface area contributed by atoms with E-state index in [9.17, 15) is 9.59 Å². The number of nitrogens with two attached hydrogens (primary N) is 1. The molecule has 24 heavy (non-hydrogen) atoms. The van der Waals surface area contributed by atoms with Crippen LogP contribution in [0, 0.1) is 6.92 Å². The molecule has 0 aliphatic heterocycles. The van der Waals surface area contributed by atoms with Crippen LogP contribution in [0.15, 0.2) is 42.5 Å². The second-order valence-electron chi connectivity index (χ2n) is 5.42. The molecule has 1 atom stereocenters. The highest BCUT2D eigenvalue weighted by Gasteiger charge is 2.16. The molecule has 0 bridgehead atoms. The van der Waals surface area contributed by atoms with Gasteiger partial charge in [0.25, 0.3) is 5.91 Å². The maximum absolute atomic E-state index is 12.0. The fourth-order valence-corrected chi connectivity index (χ4v) is 2.55. The van der Waals surface area contributed by atoms with E-state index >= 15 is 0 Å². The highest BCUT2D eigenvalue weighted by Crippen LogP contribution is 2.22. The molecule has 126 valence electrons. The second kappa shape index (κ2) is 7.84. The van der Waals surface area contributed by atoms with Crippen LogP contribution in [0.3, 0.4) is 0 Å². The molecule has 6 heteroatoms. The van der Waals surface area contributed by atoms with Gasteiger partial charge in [-0.25, -0.2) is 4.79 Å². The molecule has 0 unspecified atom stereocenters. The maximum atomic E-state index is 12.0. The van der Waals surface area contributed by atoms with Crippen molar-refractivity contribution >= 4 is 29.2 Å². The Morgan fingerprint density at radius 3 is 2.62 bits per heavy atom. The van der Waals surface area contributed by atoms with E-state index in [0.29, 0.717) is 10.7 Å². The normalized spacial score (nSPS) is 11.6. The Bertz CT molecular complexity index is 762. The Kier molecular flexibility index (Phi) is 5.82. The molecule has 2 rings (SSSR count). The van der Waals surface area contributed by atoms with Gasteiger partial charge in [-0.3, -0.25) is 4.79 Å². The van der Waals surface area contributed by atoms with Crippen LogP contribution in [0.4, 0.5) is 5.69 Å². The number of amides is 1. The Balaban J connectivity index is 1.92. The number of halogens is 1. The second-order valence-corrected chi connectivity index (χ2v) is 5.83. The SMILES string of the molecule is Cc1cccc(C(=O)OCC(=O)N[C@H](C)c2ccccc2Cl)c1N. The molecule has 0 aliphatic rings. The molecule has 1 amide bonds. The van der Waals surface area contributed by atoms with Crippen LogP contribution in [-0.2, 0) is 9.53 Å². The first-order chi connectivity index (χ1) is 11.4. The van der Waals surface area contributed by atoms with Gasteiger partial charge in [-0.15, -0.1) is 0 Å². The highest BCUT2D eigenvalue weighted by atomic mass is 35.5. The minimum atomic E-state index is -0.628. The van der Waals surface area contributed by atoms with Crippen molar-refractivity contribution in [1.29, 1.82) is 0 Å². The van der Waals surface area contributed by atoms with Gasteiger partial charge in [-0.05, 0) is 37.1 Å². The number of nitrogen functional groups attached to an aromatic ring is 1.